The van der Waals surface area contributed by atoms with Gasteiger partial charge in [-0.15, -0.1) is 0 Å². The van der Waals surface area contributed by atoms with Crippen LogP contribution >= 0.6 is 11.6 Å². The number of ketones is 1. The first-order valence-corrected chi connectivity index (χ1v) is 8.16. The number of hydrogen-bond acceptors (Lipinski definition) is 5. The normalized spacial score (nSPS) is 11.4. The lowest BCUT2D eigenvalue weighted by molar-refractivity contribution is -0.123. The van der Waals surface area contributed by atoms with E-state index in [4.69, 9.17) is 21.1 Å². The summed E-state index contributed by atoms with van der Waals surface area (Å²) in [5, 5.41) is 2.97. The lowest BCUT2D eigenvalue weighted by atomic mass is 10.1. The number of benzene rings is 2. The summed E-state index contributed by atoms with van der Waals surface area (Å²) in [6, 6.07) is 10.9. The maximum Gasteiger partial charge on any atom is 0.342 e. The third-order valence-electron chi connectivity index (χ3n) is 3.59. The minimum absolute atomic E-state index is 0.0688. The Balaban J connectivity index is 2.03. The van der Waals surface area contributed by atoms with E-state index < -0.39 is 18.0 Å². The second-order valence-electron chi connectivity index (χ2n) is 5.51. The summed E-state index contributed by atoms with van der Waals surface area (Å²) in [7, 11) is 1.42. The fraction of sp³-hybridized carbons (Fsp3) is 0.211. The highest BCUT2D eigenvalue weighted by molar-refractivity contribution is 6.31. The molecule has 0 aliphatic rings. The van der Waals surface area contributed by atoms with Gasteiger partial charge in [0.15, 0.2) is 11.9 Å². The summed E-state index contributed by atoms with van der Waals surface area (Å²) in [6.07, 6.45) is -1.04. The number of ether oxygens (including phenoxy) is 2. The van der Waals surface area contributed by atoms with Crippen molar-refractivity contribution < 1.29 is 23.9 Å². The van der Waals surface area contributed by atoms with Gasteiger partial charge in [0.05, 0.1) is 7.11 Å². The van der Waals surface area contributed by atoms with Gasteiger partial charge < -0.3 is 14.8 Å². The third-order valence-corrected chi connectivity index (χ3v) is 3.83. The molecule has 1 atom stereocenters. The summed E-state index contributed by atoms with van der Waals surface area (Å²) >= 11 is 5.89. The predicted molar refractivity (Wildman–Crippen MR) is 98.0 cm³/mol. The van der Waals surface area contributed by atoms with Crippen molar-refractivity contribution in [3.05, 3.63) is 58.6 Å². The van der Waals surface area contributed by atoms with Crippen LogP contribution in [0.15, 0.2) is 42.5 Å². The van der Waals surface area contributed by atoms with Gasteiger partial charge >= 0.3 is 5.97 Å². The van der Waals surface area contributed by atoms with Crippen molar-refractivity contribution in [3.8, 4) is 5.75 Å². The molecule has 1 N–H and O–H groups in total. The molecule has 1 amide bonds. The van der Waals surface area contributed by atoms with Gasteiger partial charge in [-0.25, -0.2) is 4.79 Å². The molecule has 2 rings (SSSR count). The predicted octanol–water partition coefficient (Wildman–Crippen LogP) is 3.74. The molecule has 6 nitrogen and oxygen atoms in total. The number of anilines is 1. The van der Waals surface area contributed by atoms with Crippen molar-refractivity contribution in [1.29, 1.82) is 0 Å². The Morgan fingerprint density at radius 1 is 1.08 bits per heavy atom. The van der Waals surface area contributed by atoms with Gasteiger partial charge in [0.2, 0.25) is 0 Å². The Bertz CT molecular complexity index is 832. The molecule has 0 radical (unpaired) electrons. The van der Waals surface area contributed by atoms with E-state index in [2.05, 4.69) is 5.32 Å². The molecular weight excluding hydrogens is 358 g/mol. The molecule has 0 saturated heterocycles. The molecule has 0 saturated carbocycles. The number of amides is 1. The van der Waals surface area contributed by atoms with Crippen LogP contribution in [0, 0.1) is 0 Å². The van der Waals surface area contributed by atoms with Crippen LogP contribution in [-0.2, 0) is 9.53 Å². The van der Waals surface area contributed by atoms with Gasteiger partial charge in [-0.05, 0) is 56.3 Å². The lowest BCUT2D eigenvalue weighted by Crippen LogP contribution is -2.30. The molecule has 0 heterocycles. The Hall–Kier alpha value is -2.86. The topological polar surface area (TPSA) is 81.7 Å². The van der Waals surface area contributed by atoms with E-state index in [0.29, 0.717) is 22.0 Å². The average molecular weight is 376 g/mol. The smallest absolute Gasteiger partial charge is 0.342 e. The molecule has 0 aliphatic heterocycles. The molecule has 0 fully saturated rings. The van der Waals surface area contributed by atoms with E-state index in [1.54, 1.807) is 36.4 Å². The van der Waals surface area contributed by atoms with Crippen molar-refractivity contribution in [3.63, 3.8) is 0 Å². The maximum absolute atomic E-state index is 12.3. The number of nitrogens with one attached hydrogen (secondary N) is 1. The maximum atomic E-state index is 12.3. The zero-order chi connectivity index (χ0) is 19.3. The van der Waals surface area contributed by atoms with Crippen LogP contribution in [0.5, 0.6) is 5.75 Å². The standard InChI is InChI=1S/C19H18ClNO5/c1-11(22)13-4-7-15(8-5-13)21-18(23)12(2)26-19(24)16-10-14(20)6-9-17(16)25-3/h4-10,12H,1-3H3,(H,21,23)/t12-/m0/s1. The second-order valence-corrected chi connectivity index (χ2v) is 5.95. The van der Waals surface area contributed by atoms with Crippen LogP contribution in [0.25, 0.3) is 0 Å². The number of esters is 1. The second kappa shape index (κ2) is 8.49. The van der Waals surface area contributed by atoms with Crippen LogP contribution in [0.4, 0.5) is 5.69 Å². The van der Waals surface area contributed by atoms with Gasteiger partial charge in [0.25, 0.3) is 5.91 Å². The Labute approximate surface area is 156 Å². The van der Waals surface area contributed by atoms with Crippen molar-refractivity contribution in [1.82, 2.24) is 0 Å². The van der Waals surface area contributed by atoms with Crippen LogP contribution in [0.1, 0.15) is 34.6 Å². The molecule has 136 valence electrons. The number of halogens is 1. The molecule has 0 spiro atoms. The van der Waals surface area contributed by atoms with Crippen molar-refractivity contribution in [2.45, 2.75) is 20.0 Å². The van der Waals surface area contributed by atoms with Gasteiger partial charge in [0, 0.05) is 16.3 Å². The Kier molecular flexibility index (Phi) is 6.36. The monoisotopic (exact) mass is 375 g/mol. The largest absolute Gasteiger partial charge is 0.496 e. The Morgan fingerprint density at radius 3 is 2.31 bits per heavy atom. The number of carbonyl (C=O) groups excluding carboxylic acids is 3. The molecule has 7 heteroatoms. The van der Waals surface area contributed by atoms with Crippen LogP contribution < -0.4 is 10.1 Å². The first-order chi connectivity index (χ1) is 12.3. The summed E-state index contributed by atoms with van der Waals surface area (Å²) in [5.74, 6) is -0.999. The highest BCUT2D eigenvalue weighted by Gasteiger charge is 2.22. The first kappa shape index (κ1) is 19.5. The minimum Gasteiger partial charge on any atom is -0.496 e. The molecule has 0 aromatic heterocycles. The molecule has 2 aromatic rings. The number of methoxy groups -OCH3 is 1. The summed E-state index contributed by atoms with van der Waals surface area (Å²) in [4.78, 5) is 35.7. The highest BCUT2D eigenvalue weighted by atomic mass is 35.5. The van der Waals surface area contributed by atoms with Crippen LogP contribution in [0.2, 0.25) is 5.02 Å². The van der Waals surface area contributed by atoms with Crippen LogP contribution in [-0.4, -0.2) is 30.9 Å². The van der Waals surface area contributed by atoms with E-state index in [9.17, 15) is 14.4 Å². The minimum atomic E-state index is -1.04. The van der Waals surface area contributed by atoms with E-state index in [0.717, 1.165) is 0 Å². The molecule has 2 aromatic carbocycles. The fourth-order valence-electron chi connectivity index (χ4n) is 2.15. The molecule has 0 bridgehead atoms. The lowest BCUT2D eigenvalue weighted by Gasteiger charge is -2.15. The SMILES string of the molecule is COc1ccc(Cl)cc1C(=O)O[C@@H](C)C(=O)Nc1ccc(C(C)=O)cc1. The molecule has 0 aliphatic carbocycles. The van der Waals surface area contributed by atoms with Gasteiger partial charge in [-0.3, -0.25) is 9.59 Å². The number of Topliss-reactive ketones (excluding diaryl/α,β-unsaturated/α-hetero) is 1. The van der Waals surface area contributed by atoms with E-state index in [1.165, 1.54) is 27.0 Å². The Morgan fingerprint density at radius 2 is 1.73 bits per heavy atom. The third kappa shape index (κ3) is 4.83. The number of hydrogen-bond donors (Lipinski definition) is 1. The average Bonchev–Trinajstić information content (AvgIpc) is 2.61. The number of rotatable bonds is 6. The van der Waals surface area contributed by atoms with Crippen molar-refractivity contribution in [2.24, 2.45) is 0 Å². The zero-order valence-electron chi connectivity index (χ0n) is 14.5. The quantitative estimate of drug-likeness (QED) is 0.614. The van der Waals surface area contributed by atoms with Crippen molar-refractivity contribution >= 4 is 34.9 Å². The van der Waals surface area contributed by atoms with E-state index >= 15 is 0 Å². The van der Waals surface area contributed by atoms with Gasteiger partial charge in [0.1, 0.15) is 11.3 Å². The molecular formula is C19H18ClNO5. The fourth-order valence-corrected chi connectivity index (χ4v) is 2.32. The highest BCUT2D eigenvalue weighted by Crippen LogP contribution is 2.24. The summed E-state index contributed by atoms with van der Waals surface area (Å²) in [6.45, 7) is 2.91. The van der Waals surface area contributed by atoms with Gasteiger partial charge in [-0.1, -0.05) is 11.6 Å². The molecule has 0 unspecified atom stereocenters. The van der Waals surface area contributed by atoms with Crippen LogP contribution in [0.3, 0.4) is 0 Å². The first-order valence-electron chi connectivity index (χ1n) is 7.78. The van der Waals surface area contributed by atoms with E-state index in [1.807, 2.05) is 0 Å². The van der Waals surface area contributed by atoms with Gasteiger partial charge in [-0.2, -0.15) is 0 Å². The summed E-state index contributed by atoms with van der Waals surface area (Å²) < 4.78 is 10.3. The zero-order valence-corrected chi connectivity index (χ0v) is 15.3. The van der Waals surface area contributed by atoms with Crippen molar-refractivity contribution in [2.75, 3.05) is 12.4 Å². The van der Waals surface area contributed by atoms with E-state index in [-0.39, 0.29) is 11.3 Å². The molecule has 26 heavy (non-hydrogen) atoms. The number of carbonyl (C=O) groups is 3. The summed E-state index contributed by atoms with van der Waals surface area (Å²) in [5.41, 5.74) is 1.16.